The van der Waals surface area contributed by atoms with Gasteiger partial charge in [0.1, 0.15) is 6.54 Å². The normalized spacial score (nSPS) is 16.3. The average Bonchev–Trinajstić information content (AvgIpc) is 2.94. The molecule has 2 atom stereocenters. The van der Waals surface area contributed by atoms with Crippen molar-refractivity contribution in [3.63, 3.8) is 0 Å². The molecule has 1 aliphatic heterocycles. The maximum absolute atomic E-state index is 12.7. The molecule has 3 N–H and O–H groups in total. The van der Waals surface area contributed by atoms with Gasteiger partial charge < -0.3 is 5.11 Å². The molecule has 0 aliphatic carbocycles. The number of benzene rings is 1. The van der Waals surface area contributed by atoms with Gasteiger partial charge in [0, 0.05) is 0 Å². The van der Waals surface area contributed by atoms with E-state index in [0.29, 0.717) is 6.42 Å². The lowest BCUT2D eigenvalue weighted by atomic mass is 9.82. The van der Waals surface area contributed by atoms with E-state index in [4.69, 9.17) is 0 Å². The van der Waals surface area contributed by atoms with E-state index in [9.17, 15) is 24.3 Å². The molecule has 28 heavy (non-hydrogen) atoms. The van der Waals surface area contributed by atoms with Crippen molar-refractivity contribution >= 4 is 29.9 Å². The number of carbonyl (C=O) groups excluding carboxylic acids is 3. The van der Waals surface area contributed by atoms with Gasteiger partial charge in [-0.25, -0.2) is 9.80 Å². The molecule has 2 rings (SSSR count). The van der Waals surface area contributed by atoms with Crippen LogP contribution in [0.25, 0.3) is 6.08 Å². The molecule has 0 radical (unpaired) electrons. The van der Waals surface area contributed by atoms with E-state index in [1.165, 1.54) is 0 Å². The van der Waals surface area contributed by atoms with E-state index in [-0.39, 0.29) is 18.9 Å². The van der Waals surface area contributed by atoms with Crippen LogP contribution in [0.3, 0.4) is 0 Å². The lowest BCUT2D eigenvalue weighted by Crippen LogP contribution is -2.49. The number of nitrogens with zero attached hydrogens (tertiary/aromatic N) is 1. The first-order valence-electron chi connectivity index (χ1n) is 9.14. The van der Waals surface area contributed by atoms with Gasteiger partial charge in [-0.3, -0.25) is 25.1 Å². The van der Waals surface area contributed by atoms with Gasteiger partial charge >= 0.3 is 12.0 Å². The van der Waals surface area contributed by atoms with E-state index in [2.05, 4.69) is 10.7 Å². The Hall–Kier alpha value is -3.16. The fourth-order valence-corrected chi connectivity index (χ4v) is 3.06. The molecule has 8 nitrogen and oxygen atoms in total. The topological polar surface area (TPSA) is 116 Å². The minimum atomic E-state index is -1.08. The van der Waals surface area contributed by atoms with Gasteiger partial charge in [-0.1, -0.05) is 56.3 Å². The van der Waals surface area contributed by atoms with Crippen LogP contribution in [-0.2, 0) is 14.4 Å². The number of urea groups is 1. The number of nitrogens with one attached hydrogen (secondary N) is 2. The van der Waals surface area contributed by atoms with Crippen molar-refractivity contribution in [3.8, 4) is 0 Å². The number of carboxylic acids is 1. The first-order chi connectivity index (χ1) is 13.3. The summed E-state index contributed by atoms with van der Waals surface area (Å²) in [5, 5.41) is 12.6. The molecular formula is C20H25N3O5. The largest absolute Gasteiger partial charge is 0.481 e. The molecule has 0 unspecified atom stereocenters. The highest BCUT2D eigenvalue weighted by Gasteiger charge is 2.36. The zero-order chi connectivity index (χ0) is 20.7. The summed E-state index contributed by atoms with van der Waals surface area (Å²) in [6, 6.07) is 8.72. The third-order valence-corrected chi connectivity index (χ3v) is 4.40. The molecule has 1 aliphatic rings. The molecule has 0 spiro atoms. The molecule has 0 bridgehead atoms. The molecular weight excluding hydrogens is 362 g/mol. The smallest absolute Gasteiger partial charge is 0.343 e. The van der Waals surface area contributed by atoms with Crippen molar-refractivity contribution in [2.24, 2.45) is 17.8 Å². The van der Waals surface area contributed by atoms with Crippen molar-refractivity contribution in [2.75, 3.05) is 6.54 Å². The van der Waals surface area contributed by atoms with Gasteiger partial charge in [0.25, 0.3) is 0 Å². The van der Waals surface area contributed by atoms with Crippen LogP contribution >= 0.6 is 0 Å². The standard InChI is InChI=1S/C20H25N3O5/c1-13(2)11-16(18(25)22-23-12-17(24)21-20(23)28)15(19(26)27)10-6-9-14-7-4-3-5-8-14/h3-9,13,15-16H,10-12H2,1-2H3,(H,22,25)(H,26,27)(H,21,24,28)/t15-,16+/m0/s1. The average molecular weight is 387 g/mol. The molecule has 1 aromatic rings. The number of hydrazine groups is 1. The summed E-state index contributed by atoms with van der Waals surface area (Å²) in [7, 11) is 0. The van der Waals surface area contributed by atoms with Gasteiger partial charge in [0.05, 0.1) is 11.8 Å². The summed E-state index contributed by atoms with van der Waals surface area (Å²) in [6.45, 7) is 3.50. The maximum atomic E-state index is 12.7. The number of rotatable bonds is 9. The van der Waals surface area contributed by atoms with Crippen LogP contribution in [-0.4, -0.2) is 40.5 Å². The summed E-state index contributed by atoms with van der Waals surface area (Å²) in [5.74, 6) is -3.92. The zero-order valence-corrected chi connectivity index (χ0v) is 15.9. The molecule has 1 heterocycles. The SMILES string of the molecule is CC(C)C[C@@H](C(=O)NN1CC(=O)NC1=O)[C@H](CC=Cc1ccccc1)C(=O)O. The highest BCUT2D eigenvalue weighted by atomic mass is 16.4. The molecule has 1 fully saturated rings. The number of aliphatic carboxylic acids is 1. The fraction of sp³-hybridized carbons (Fsp3) is 0.400. The van der Waals surface area contributed by atoms with Crippen LogP contribution in [0.2, 0.25) is 0 Å². The summed E-state index contributed by atoms with van der Waals surface area (Å²) >= 11 is 0. The second-order valence-electron chi connectivity index (χ2n) is 7.15. The molecule has 1 aromatic carbocycles. The first-order valence-corrected chi connectivity index (χ1v) is 9.14. The third-order valence-electron chi connectivity index (χ3n) is 4.40. The molecule has 4 amide bonds. The maximum Gasteiger partial charge on any atom is 0.343 e. The Bertz CT molecular complexity index is 760. The van der Waals surface area contributed by atoms with Gasteiger partial charge in [-0.2, -0.15) is 0 Å². The number of hydrogen-bond acceptors (Lipinski definition) is 4. The number of carboxylic acid groups (broad SMARTS) is 1. The Balaban J connectivity index is 2.13. The number of amides is 4. The summed E-state index contributed by atoms with van der Waals surface area (Å²) in [5.41, 5.74) is 3.32. The fourth-order valence-electron chi connectivity index (χ4n) is 3.06. The number of hydrogen-bond donors (Lipinski definition) is 3. The molecule has 0 aromatic heterocycles. The second-order valence-corrected chi connectivity index (χ2v) is 7.15. The molecule has 8 heteroatoms. The van der Waals surface area contributed by atoms with Crippen molar-refractivity contribution in [2.45, 2.75) is 26.7 Å². The van der Waals surface area contributed by atoms with E-state index in [1.54, 1.807) is 6.08 Å². The van der Waals surface area contributed by atoms with E-state index in [0.717, 1.165) is 10.6 Å². The van der Waals surface area contributed by atoms with Gasteiger partial charge in [-0.05, 0) is 24.3 Å². The second kappa shape index (κ2) is 9.68. The van der Waals surface area contributed by atoms with Crippen molar-refractivity contribution in [1.82, 2.24) is 15.8 Å². The Morgan fingerprint density at radius 1 is 1.21 bits per heavy atom. The Morgan fingerprint density at radius 2 is 1.89 bits per heavy atom. The van der Waals surface area contributed by atoms with Crippen LogP contribution in [0, 0.1) is 17.8 Å². The van der Waals surface area contributed by atoms with Crippen molar-refractivity contribution in [1.29, 1.82) is 0 Å². The van der Waals surface area contributed by atoms with Crippen LogP contribution in [0.1, 0.15) is 32.3 Å². The van der Waals surface area contributed by atoms with E-state index < -0.39 is 35.7 Å². The number of carbonyl (C=O) groups is 4. The van der Waals surface area contributed by atoms with Gasteiger partial charge in [-0.15, -0.1) is 0 Å². The third kappa shape index (κ3) is 5.94. The predicted octanol–water partition coefficient (Wildman–Crippen LogP) is 2.04. The summed E-state index contributed by atoms with van der Waals surface area (Å²) < 4.78 is 0. The molecule has 1 saturated heterocycles. The lowest BCUT2D eigenvalue weighted by molar-refractivity contribution is -0.148. The van der Waals surface area contributed by atoms with E-state index in [1.807, 2.05) is 50.3 Å². The zero-order valence-electron chi connectivity index (χ0n) is 15.9. The molecule has 150 valence electrons. The van der Waals surface area contributed by atoms with Crippen LogP contribution in [0.5, 0.6) is 0 Å². The Labute approximate surface area is 163 Å². The quantitative estimate of drug-likeness (QED) is 0.561. The van der Waals surface area contributed by atoms with Crippen molar-refractivity contribution < 1.29 is 24.3 Å². The summed E-state index contributed by atoms with van der Waals surface area (Å²) in [4.78, 5) is 47.5. The highest BCUT2D eigenvalue weighted by Crippen LogP contribution is 2.25. The Kier molecular flexibility index (Phi) is 7.31. The monoisotopic (exact) mass is 387 g/mol. The van der Waals surface area contributed by atoms with E-state index >= 15 is 0 Å². The van der Waals surface area contributed by atoms with Crippen LogP contribution in [0.4, 0.5) is 4.79 Å². The van der Waals surface area contributed by atoms with Gasteiger partial charge in [0.2, 0.25) is 11.8 Å². The minimum absolute atomic E-state index is 0.0738. The molecule has 0 saturated carbocycles. The first kappa shape index (κ1) is 21.1. The van der Waals surface area contributed by atoms with Crippen LogP contribution < -0.4 is 10.7 Å². The lowest BCUT2D eigenvalue weighted by Gasteiger charge is -2.26. The predicted molar refractivity (Wildman–Crippen MR) is 103 cm³/mol. The minimum Gasteiger partial charge on any atom is -0.481 e. The Morgan fingerprint density at radius 3 is 2.43 bits per heavy atom. The van der Waals surface area contributed by atoms with Gasteiger partial charge in [0.15, 0.2) is 0 Å². The highest BCUT2D eigenvalue weighted by molar-refractivity contribution is 6.02. The van der Waals surface area contributed by atoms with Crippen molar-refractivity contribution in [3.05, 3.63) is 42.0 Å². The number of allylic oxidation sites excluding steroid dienone is 1. The number of imide groups is 1. The summed E-state index contributed by atoms with van der Waals surface area (Å²) in [6.07, 6.45) is 4.05. The van der Waals surface area contributed by atoms with Crippen LogP contribution in [0.15, 0.2) is 36.4 Å².